The number of carbonyl (C=O) groups excluding carboxylic acids is 1. The van der Waals surface area contributed by atoms with E-state index < -0.39 is 0 Å². The molecule has 4 rings (SSSR count). The molecule has 0 atom stereocenters. The molecule has 0 fully saturated rings. The highest BCUT2D eigenvalue weighted by Crippen LogP contribution is 2.45. The van der Waals surface area contributed by atoms with Crippen molar-refractivity contribution in [1.82, 2.24) is 19.5 Å². The summed E-state index contributed by atoms with van der Waals surface area (Å²) in [5.74, 6) is 2.03. The zero-order valence-electron chi connectivity index (χ0n) is 20.2. The minimum atomic E-state index is -0.324. The summed E-state index contributed by atoms with van der Waals surface area (Å²) in [6.07, 6.45) is 6.06. The van der Waals surface area contributed by atoms with E-state index in [1.54, 1.807) is 30.5 Å². The number of pyridine rings is 1. The van der Waals surface area contributed by atoms with Gasteiger partial charge in [0.05, 0.1) is 31.3 Å². The van der Waals surface area contributed by atoms with Gasteiger partial charge in [0, 0.05) is 37.1 Å². The summed E-state index contributed by atoms with van der Waals surface area (Å²) in [6, 6.07) is 8.76. The van der Waals surface area contributed by atoms with Crippen molar-refractivity contribution in [3.8, 4) is 22.8 Å². The molecular weight excluding hydrogens is 517 g/mol. The lowest BCUT2D eigenvalue weighted by Gasteiger charge is -2.17. The van der Waals surface area contributed by atoms with Gasteiger partial charge in [-0.05, 0) is 24.3 Å². The number of carbonyl (C=O) groups is 1. The van der Waals surface area contributed by atoms with Crippen molar-refractivity contribution >= 4 is 57.9 Å². The molecule has 1 amide bonds. The van der Waals surface area contributed by atoms with Crippen LogP contribution in [0.4, 0.5) is 28.8 Å². The molecule has 1 aromatic carbocycles. The van der Waals surface area contributed by atoms with Gasteiger partial charge in [-0.25, -0.2) is 15.0 Å². The molecule has 0 saturated carbocycles. The number of methoxy groups -OCH3 is 2. The van der Waals surface area contributed by atoms with Gasteiger partial charge in [0.15, 0.2) is 0 Å². The summed E-state index contributed by atoms with van der Waals surface area (Å²) in [5, 5.41) is 9.72. The average Bonchev–Trinajstić information content (AvgIpc) is 3.25. The maximum atomic E-state index is 11.8. The van der Waals surface area contributed by atoms with Crippen LogP contribution in [0, 0.1) is 0 Å². The summed E-state index contributed by atoms with van der Waals surface area (Å²) in [6.45, 7) is 3.49. The van der Waals surface area contributed by atoms with Gasteiger partial charge in [-0.3, -0.25) is 4.79 Å². The number of aryl methyl sites for hydroxylation is 1. The Balaban J connectivity index is 1.69. The maximum Gasteiger partial charge on any atom is 0.247 e. The lowest BCUT2D eigenvalue weighted by molar-refractivity contribution is -0.111. The molecule has 12 heteroatoms. The second-order valence-electron chi connectivity index (χ2n) is 7.60. The maximum absolute atomic E-state index is 11.8. The van der Waals surface area contributed by atoms with Gasteiger partial charge in [0.1, 0.15) is 45.3 Å². The van der Waals surface area contributed by atoms with Crippen LogP contribution in [0.3, 0.4) is 0 Å². The third kappa shape index (κ3) is 5.45. The fourth-order valence-electron chi connectivity index (χ4n) is 3.49. The second kappa shape index (κ2) is 11.2. The summed E-state index contributed by atoms with van der Waals surface area (Å²) in [5.41, 5.74) is 2.18. The van der Waals surface area contributed by atoms with Crippen LogP contribution in [0.5, 0.6) is 11.5 Å². The molecule has 0 aliphatic rings. The first-order chi connectivity index (χ1) is 17.9. The molecule has 37 heavy (non-hydrogen) atoms. The normalized spacial score (nSPS) is 10.5. The van der Waals surface area contributed by atoms with E-state index in [1.807, 2.05) is 23.9 Å². The third-order valence-corrected chi connectivity index (χ3v) is 6.08. The zero-order valence-corrected chi connectivity index (χ0v) is 21.7. The number of aromatic nitrogens is 4. The first kappa shape index (κ1) is 25.8. The van der Waals surface area contributed by atoms with E-state index in [0.29, 0.717) is 51.6 Å². The number of halogens is 2. The first-order valence-corrected chi connectivity index (χ1v) is 11.6. The van der Waals surface area contributed by atoms with Gasteiger partial charge in [0.2, 0.25) is 5.91 Å². The molecule has 0 aliphatic carbocycles. The van der Waals surface area contributed by atoms with Gasteiger partial charge >= 0.3 is 0 Å². The zero-order chi connectivity index (χ0) is 26.5. The Morgan fingerprint density at radius 3 is 2.46 bits per heavy atom. The molecule has 0 unspecified atom stereocenters. The topological polar surface area (TPSA) is 115 Å². The molecule has 3 heterocycles. The summed E-state index contributed by atoms with van der Waals surface area (Å²) in [7, 11) is 4.84. The number of hydrogen-bond donors (Lipinski definition) is 3. The Morgan fingerprint density at radius 2 is 1.78 bits per heavy atom. The highest BCUT2D eigenvalue weighted by molar-refractivity contribution is 6.41. The monoisotopic (exact) mass is 539 g/mol. The Morgan fingerprint density at radius 1 is 1.05 bits per heavy atom. The lowest BCUT2D eigenvalue weighted by Crippen LogP contribution is -2.09. The van der Waals surface area contributed by atoms with Crippen molar-refractivity contribution in [1.29, 1.82) is 0 Å². The molecule has 0 saturated heterocycles. The van der Waals surface area contributed by atoms with E-state index in [9.17, 15) is 4.79 Å². The molecule has 190 valence electrons. The van der Waals surface area contributed by atoms with Crippen LogP contribution >= 0.6 is 23.2 Å². The van der Waals surface area contributed by atoms with E-state index >= 15 is 0 Å². The average molecular weight is 540 g/mol. The molecule has 3 aromatic heterocycles. The van der Waals surface area contributed by atoms with Crippen LogP contribution in [0.1, 0.15) is 0 Å². The predicted octanol–water partition coefficient (Wildman–Crippen LogP) is 5.81. The molecule has 3 N–H and O–H groups in total. The van der Waals surface area contributed by atoms with Crippen LogP contribution in [-0.4, -0.2) is 39.6 Å². The molecule has 0 bridgehead atoms. The molecule has 0 radical (unpaired) electrons. The fraction of sp³-hybridized carbons (Fsp3) is 0.120. The number of rotatable bonds is 9. The Hall–Kier alpha value is -4.28. The van der Waals surface area contributed by atoms with Gasteiger partial charge in [0.25, 0.3) is 0 Å². The Kier molecular flexibility index (Phi) is 7.80. The number of amides is 1. The molecule has 10 nitrogen and oxygen atoms in total. The highest BCUT2D eigenvalue weighted by atomic mass is 35.5. The summed E-state index contributed by atoms with van der Waals surface area (Å²) < 4.78 is 12.5. The SMILES string of the molecule is C=CC(=O)Nc1ccn(C)c1Nc1cc(-c2cccnc2Nc2c(Cl)c(OC)cc(OC)c2Cl)ncn1. The van der Waals surface area contributed by atoms with Crippen LogP contribution in [-0.2, 0) is 11.8 Å². The fourth-order valence-corrected chi connectivity index (χ4v) is 4.08. The van der Waals surface area contributed by atoms with E-state index in [0.717, 1.165) is 0 Å². The Bertz CT molecular complexity index is 1440. The lowest BCUT2D eigenvalue weighted by atomic mass is 10.1. The molecule has 0 spiro atoms. The van der Waals surface area contributed by atoms with Crippen molar-refractivity contribution < 1.29 is 14.3 Å². The van der Waals surface area contributed by atoms with Crippen molar-refractivity contribution in [3.63, 3.8) is 0 Å². The van der Waals surface area contributed by atoms with E-state index in [-0.39, 0.29) is 16.0 Å². The van der Waals surface area contributed by atoms with Crippen LogP contribution in [0.25, 0.3) is 11.3 Å². The van der Waals surface area contributed by atoms with Crippen LogP contribution in [0.2, 0.25) is 10.0 Å². The van der Waals surface area contributed by atoms with Crippen LogP contribution < -0.4 is 25.4 Å². The van der Waals surface area contributed by atoms with E-state index in [4.69, 9.17) is 32.7 Å². The molecule has 0 aliphatic heterocycles. The van der Waals surface area contributed by atoms with Crippen LogP contribution in [0.15, 0.2) is 61.7 Å². The highest BCUT2D eigenvalue weighted by Gasteiger charge is 2.20. The third-order valence-electron chi connectivity index (χ3n) is 5.33. The van der Waals surface area contributed by atoms with Crippen molar-refractivity contribution in [2.24, 2.45) is 7.05 Å². The minimum Gasteiger partial charge on any atom is -0.495 e. The number of benzene rings is 1. The van der Waals surface area contributed by atoms with Gasteiger partial charge in [-0.15, -0.1) is 0 Å². The van der Waals surface area contributed by atoms with Crippen molar-refractivity contribution in [2.45, 2.75) is 0 Å². The number of anilines is 5. The minimum absolute atomic E-state index is 0.271. The number of ether oxygens (including phenoxy) is 2. The Labute approximate surface area is 223 Å². The van der Waals surface area contributed by atoms with Gasteiger partial charge in [-0.2, -0.15) is 0 Å². The smallest absolute Gasteiger partial charge is 0.247 e. The molecule has 4 aromatic rings. The quantitative estimate of drug-likeness (QED) is 0.228. The predicted molar refractivity (Wildman–Crippen MR) is 146 cm³/mol. The van der Waals surface area contributed by atoms with Gasteiger partial charge < -0.3 is 30.0 Å². The van der Waals surface area contributed by atoms with Crippen molar-refractivity contribution in [2.75, 3.05) is 30.2 Å². The number of hydrogen-bond acceptors (Lipinski definition) is 8. The number of nitrogens with one attached hydrogen (secondary N) is 3. The summed E-state index contributed by atoms with van der Waals surface area (Å²) >= 11 is 13.1. The summed E-state index contributed by atoms with van der Waals surface area (Å²) in [4.78, 5) is 25.0. The second-order valence-corrected chi connectivity index (χ2v) is 8.36. The number of nitrogens with zero attached hydrogens (tertiary/aromatic N) is 4. The largest absolute Gasteiger partial charge is 0.495 e. The van der Waals surface area contributed by atoms with E-state index in [1.165, 1.54) is 26.6 Å². The van der Waals surface area contributed by atoms with Crippen molar-refractivity contribution in [3.05, 3.63) is 71.8 Å². The molecular formula is C25H23Cl2N7O3. The van der Waals surface area contributed by atoms with Gasteiger partial charge in [-0.1, -0.05) is 29.8 Å². The first-order valence-electron chi connectivity index (χ1n) is 10.9. The standard InChI is InChI=1S/C25H23Cl2N7O3/c1-5-20(35)31-15-8-10-34(2)25(15)32-19-11-16(29-13-30-19)14-7-6-9-28-24(14)33-23-21(26)17(36-3)12-18(37-4)22(23)27/h5-13H,1H2,2-4H3,(H,28,33)(H,31,35)(H,29,30,32). The van der Waals surface area contributed by atoms with E-state index in [2.05, 4.69) is 37.5 Å².